The molecule has 0 aliphatic heterocycles. The van der Waals surface area contributed by atoms with E-state index in [0.717, 1.165) is 38.2 Å². The fourth-order valence-electron chi connectivity index (χ4n) is 4.85. The van der Waals surface area contributed by atoms with Gasteiger partial charge in [0.15, 0.2) is 0 Å². The number of rotatable bonds is 5. The summed E-state index contributed by atoms with van der Waals surface area (Å²) in [5, 5.41) is 6.99. The lowest BCUT2D eigenvalue weighted by Gasteiger charge is -2.23. The van der Waals surface area contributed by atoms with Gasteiger partial charge in [0.2, 0.25) is 0 Å². The van der Waals surface area contributed by atoms with E-state index in [1.54, 1.807) is 13.3 Å². The zero-order valence-corrected chi connectivity index (χ0v) is 22.4. The van der Waals surface area contributed by atoms with Crippen LogP contribution in [0.25, 0.3) is 37.6 Å². The highest BCUT2D eigenvalue weighted by atomic mass is 31.1. The van der Waals surface area contributed by atoms with Gasteiger partial charge in [-0.2, -0.15) is 0 Å². The molecule has 0 saturated carbocycles. The highest BCUT2D eigenvalue weighted by molar-refractivity contribution is 7.67. The molecule has 0 fully saturated rings. The molecule has 0 aliphatic carbocycles. The van der Waals surface area contributed by atoms with Gasteiger partial charge in [0.25, 0.3) is 0 Å². The SMILES string of the molecule is [2H]c1cc(-c2ccc3c4cc([2H])ccc4p(-c4ccccn4)c3c2)cc([Si](C)(C)c2cc(OC)ccn2)c1. The number of nitrogens with zero attached hydrogens (tertiary/aromatic N) is 2. The topological polar surface area (TPSA) is 35.0 Å². The Morgan fingerprint density at radius 2 is 1.61 bits per heavy atom. The van der Waals surface area contributed by atoms with Crippen molar-refractivity contribution in [1.82, 2.24) is 9.97 Å². The second kappa shape index (κ2) is 9.05. The first kappa shape index (κ1) is 20.5. The Hall–Kier alpha value is -3.72. The minimum atomic E-state index is -2.18. The first-order valence-corrected chi connectivity index (χ1v) is 16.3. The fourth-order valence-corrected chi connectivity index (χ4v) is 9.53. The third-order valence-corrected chi connectivity index (χ3v) is 12.7. The summed E-state index contributed by atoms with van der Waals surface area (Å²) < 4.78 is 22.3. The Morgan fingerprint density at radius 1 is 0.750 bits per heavy atom. The second-order valence-electron chi connectivity index (χ2n) is 9.41. The van der Waals surface area contributed by atoms with Crippen molar-refractivity contribution in [1.29, 1.82) is 0 Å². The standard InChI is InChI=1S/C31H27N2OPSi/c1-34-24-16-18-33-31(21-24)36(2,3)25-10-8-9-22(19-25)23-14-15-27-26-11-4-5-12-28(26)35(29(27)20-23)30-13-6-7-17-32-30/h4-21H,1-3H3/i4D,8D. The van der Waals surface area contributed by atoms with Gasteiger partial charge in [-0.15, -0.1) is 0 Å². The van der Waals surface area contributed by atoms with Gasteiger partial charge in [0.05, 0.1) is 15.3 Å². The zero-order valence-electron chi connectivity index (χ0n) is 22.5. The molecule has 0 N–H and O–H groups in total. The first-order chi connectivity index (χ1) is 18.3. The van der Waals surface area contributed by atoms with Crippen LogP contribution in [0.2, 0.25) is 13.1 Å². The Morgan fingerprint density at radius 3 is 2.44 bits per heavy atom. The van der Waals surface area contributed by atoms with Crippen LogP contribution in [0.3, 0.4) is 0 Å². The molecule has 3 aromatic heterocycles. The minimum absolute atomic E-state index is 0.496. The van der Waals surface area contributed by atoms with E-state index in [0.29, 0.717) is 12.1 Å². The van der Waals surface area contributed by atoms with E-state index in [-0.39, 0.29) is 0 Å². The van der Waals surface area contributed by atoms with Crippen molar-refractivity contribution in [2.24, 2.45) is 0 Å². The van der Waals surface area contributed by atoms with Crippen LogP contribution in [0.4, 0.5) is 0 Å². The van der Waals surface area contributed by atoms with Crippen molar-refractivity contribution in [3.05, 3.63) is 109 Å². The van der Waals surface area contributed by atoms with Crippen LogP contribution in [0.1, 0.15) is 2.74 Å². The Labute approximate surface area is 216 Å². The number of hydrogen-bond donors (Lipinski definition) is 0. The van der Waals surface area contributed by atoms with Crippen LogP contribution in [0.15, 0.2) is 109 Å². The van der Waals surface area contributed by atoms with Crippen LogP contribution in [-0.4, -0.2) is 25.2 Å². The van der Waals surface area contributed by atoms with E-state index in [4.69, 9.17) is 12.5 Å². The van der Waals surface area contributed by atoms with Gasteiger partial charge in [0.1, 0.15) is 13.8 Å². The average molecular weight is 505 g/mol. The number of ether oxygens (including phenoxy) is 1. The lowest BCUT2D eigenvalue weighted by Crippen LogP contribution is -2.54. The summed E-state index contributed by atoms with van der Waals surface area (Å²) in [7, 11) is -1.34. The van der Waals surface area contributed by atoms with Gasteiger partial charge in [-0.05, 0) is 58.3 Å². The molecular formula is C31H27N2OPSi. The molecule has 0 amide bonds. The van der Waals surface area contributed by atoms with Gasteiger partial charge in [-0.1, -0.05) is 86.4 Å². The average Bonchev–Trinajstić information content (AvgIpc) is 3.26. The lowest BCUT2D eigenvalue weighted by atomic mass is 10.0. The summed E-state index contributed by atoms with van der Waals surface area (Å²) >= 11 is 0. The lowest BCUT2D eigenvalue weighted by molar-refractivity contribution is 0.414. The predicted molar refractivity (Wildman–Crippen MR) is 156 cm³/mol. The smallest absolute Gasteiger partial charge is 0.135 e. The monoisotopic (exact) mass is 504 g/mol. The third kappa shape index (κ3) is 3.83. The molecule has 176 valence electrons. The second-order valence-corrected chi connectivity index (χ2v) is 15.8. The van der Waals surface area contributed by atoms with E-state index >= 15 is 0 Å². The number of fused-ring (bicyclic) bond motifs is 3. The molecule has 36 heavy (non-hydrogen) atoms. The Balaban J connectivity index is 1.54. The molecule has 3 nitrogen and oxygen atoms in total. The van der Waals surface area contributed by atoms with Crippen molar-refractivity contribution < 1.29 is 7.48 Å². The quantitative estimate of drug-likeness (QED) is 0.232. The highest BCUT2D eigenvalue weighted by Gasteiger charge is 2.28. The zero-order chi connectivity index (χ0) is 26.4. The number of hydrogen-bond acceptors (Lipinski definition) is 3. The van der Waals surface area contributed by atoms with E-state index in [2.05, 4.69) is 54.5 Å². The summed E-state index contributed by atoms with van der Waals surface area (Å²) in [5.41, 5.74) is 3.18. The number of methoxy groups -OCH3 is 1. The molecule has 3 heterocycles. The molecule has 3 aromatic carbocycles. The molecular weight excluding hydrogens is 475 g/mol. The van der Waals surface area contributed by atoms with Crippen molar-refractivity contribution in [3.8, 4) is 22.3 Å². The van der Waals surface area contributed by atoms with Gasteiger partial charge in [0, 0.05) is 27.9 Å². The molecule has 1 unspecified atom stereocenters. The van der Waals surface area contributed by atoms with Crippen LogP contribution in [0, 0.1) is 0 Å². The minimum Gasteiger partial charge on any atom is -0.497 e. The van der Waals surface area contributed by atoms with Crippen molar-refractivity contribution in [3.63, 3.8) is 0 Å². The van der Waals surface area contributed by atoms with Gasteiger partial charge in [-0.25, -0.2) is 0 Å². The maximum atomic E-state index is 8.65. The van der Waals surface area contributed by atoms with Crippen LogP contribution < -0.4 is 15.2 Å². The van der Waals surface area contributed by atoms with E-state index < -0.39 is 15.6 Å². The molecule has 6 aromatic rings. The Kier molecular flexibility index (Phi) is 5.15. The molecule has 0 bridgehead atoms. The highest BCUT2D eigenvalue weighted by Crippen LogP contribution is 2.54. The molecule has 5 heteroatoms. The molecule has 0 spiro atoms. The van der Waals surface area contributed by atoms with Gasteiger partial charge < -0.3 is 4.74 Å². The number of pyridine rings is 2. The van der Waals surface area contributed by atoms with Crippen LogP contribution >= 0.6 is 7.53 Å². The summed E-state index contributed by atoms with van der Waals surface area (Å²) in [6, 6.07) is 29.7. The van der Waals surface area contributed by atoms with Crippen LogP contribution in [-0.2, 0) is 0 Å². The molecule has 0 aliphatic rings. The van der Waals surface area contributed by atoms with Crippen molar-refractivity contribution in [2.75, 3.05) is 7.11 Å². The van der Waals surface area contributed by atoms with Gasteiger partial charge >= 0.3 is 0 Å². The Bertz CT molecular complexity index is 1820. The third-order valence-electron chi connectivity index (χ3n) is 6.94. The largest absolute Gasteiger partial charge is 0.497 e. The normalized spacial score (nSPS) is 13.0. The molecule has 6 rings (SSSR count). The molecule has 0 radical (unpaired) electrons. The first-order valence-electron chi connectivity index (χ1n) is 12.9. The number of benzene rings is 3. The van der Waals surface area contributed by atoms with Crippen molar-refractivity contribution >= 4 is 47.1 Å². The fraction of sp³-hybridized carbons (Fsp3) is 0.0968. The predicted octanol–water partition coefficient (Wildman–Crippen LogP) is 7.26. The summed E-state index contributed by atoms with van der Waals surface area (Å²) in [6.45, 7) is 4.54. The van der Waals surface area contributed by atoms with Crippen molar-refractivity contribution in [2.45, 2.75) is 13.1 Å². The summed E-state index contributed by atoms with van der Waals surface area (Å²) in [5.74, 6) is 0.801. The number of aromatic nitrogens is 2. The summed E-state index contributed by atoms with van der Waals surface area (Å²) in [6.07, 6.45) is 3.65. The summed E-state index contributed by atoms with van der Waals surface area (Å²) in [4.78, 5) is 9.42. The maximum Gasteiger partial charge on any atom is 0.135 e. The van der Waals surface area contributed by atoms with Crippen LogP contribution in [0.5, 0.6) is 5.75 Å². The maximum absolute atomic E-state index is 8.65. The molecule has 0 saturated heterocycles. The molecule has 1 atom stereocenters. The van der Waals surface area contributed by atoms with E-state index in [9.17, 15) is 0 Å². The van der Waals surface area contributed by atoms with E-state index in [1.165, 1.54) is 15.6 Å². The van der Waals surface area contributed by atoms with Gasteiger partial charge in [-0.3, -0.25) is 9.97 Å². The van der Waals surface area contributed by atoms with E-state index in [1.807, 2.05) is 54.7 Å².